The summed E-state index contributed by atoms with van der Waals surface area (Å²) in [6, 6.07) is 12.4. The van der Waals surface area contributed by atoms with Crippen molar-refractivity contribution in [1.82, 2.24) is 15.2 Å². The second-order valence-corrected chi connectivity index (χ2v) is 8.54. The van der Waals surface area contributed by atoms with Crippen LogP contribution in [-0.4, -0.2) is 41.5 Å². The first kappa shape index (κ1) is 20.0. The zero-order valence-electron chi connectivity index (χ0n) is 16.9. The minimum atomic E-state index is -0.557. The van der Waals surface area contributed by atoms with Gasteiger partial charge in [-0.15, -0.1) is 0 Å². The number of rotatable bonds is 5. The third-order valence-electron chi connectivity index (χ3n) is 6.51. The Kier molecular flexibility index (Phi) is 6.55. The van der Waals surface area contributed by atoms with E-state index in [0.29, 0.717) is 11.8 Å². The molecule has 4 nitrogen and oxygen atoms in total. The summed E-state index contributed by atoms with van der Waals surface area (Å²) >= 11 is 0. The van der Waals surface area contributed by atoms with E-state index in [2.05, 4.69) is 45.5 Å². The standard InChI is InChI=1S/C24H30FN3O/c25-23-16-26-12-9-22(23)24(29)27-21-8-4-5-18(15-21)17-28-13-10-20(11-14-28)19-6-2-1-3-7-19/h1-3,6-7,9,12,16,18,20-21H,4-5,8,10-11,13-15,17H2,(H,27,29)/t18-,21-/m1/s1. The van der Waals surface area contributed by atoms with Crippen LogP contribution in [0.15, 0.2) is 48.8 Å². The Balaban J connectivity index is 1.25. The molecule has 1 saturated heterocycles. The molecule has 1 aromatic carbocycles. The number of likely N-dealkylation sites (tertiary alicyclic amines) is 1. The predicted octanol–water partition coefficient (Wildman–Crippen LogP) is 4.39. The fourth-order valence-corrected chi connectivity index (χ4v) is 4.95. The molecule has 5 heteroatoms. The van der Waals surface area contributed by atoms with Gasteiger partial charge in [-0.1, -0.05) is 36.8 Å². The van der Waals surface area contributed by atoms with Gasteiger partial charge >= 0.3 is 0 Å². The normalized spacial score (nSPS) is 23.6. The summed E-state index contributed by atoms with van der Waals surface area (Å²) in [5.74, 6) is 0.406. The number of hydrogen-bond acceptors (Lipinski definition) is 3. The fraction of sp³-hybridized carbons (Fsp3) is 0.500. The first-order valence-corrected chi connectivity index (χ1v) is 10.9. The molecule has 1 aliphatic carbocycles. The number of hydrogen-bond donors (Lipinski definition) is 1. The lowest BCUT2D eigenvalue weighted by molar-refractivity contribution is 0.0903. The molecule has 1 aliphatic heterocycles. The van der Waals surface area contributed by atoms with Gasteiger partial charge in [0.25, 0.3) is 5.91 Å². The Morgan fingerprint density at radius 3 is 2.66 bits per heavy atom. The van der Waals surface area contributed by atoms with E-state index >= 15 is 0 Å². The summed E-state index contributed by atoms with van der Waals surface area (Å²) in [4.78, 5) is 18.7. The van der Waals surface area contributed by atoms with Gasteiger partial charge in [-0.05, 0) is 68.7 Å². The lowest BCUT2D eigenvalue weighted by atomic mass is 9.84. The largest absolute Gasteiger partial charge is 0.349 e. The van der Waals surface area contributed by atoms with Gasteiger partial charge < -0.3 is 10.2 Å². The topological polar surface area (TPSA) is 45.2 Å². The van der Waals surface area contributed by atoms with Crippen LogP contribution in [0.2, 0.25) is 0 Å². The molecule has 1 aromatic heterocycles. The maximum absolute atomic E-state index is 13.8. The van der Waals surface area contributed by atoms with E-state index in [1.54, 1.807) is 0 Å². The molecule has 0 spiro atoms. The number of aromatic nitrogens is 1. The number of nitrogens with zero attached hydrogens (tertiary/aromatic N) is 2. The smallest absolute Gasteiger partial charge is 0.254 e. The van der Waals surface area contributed by atoms with Crippen molar-refractivity contribution in [2.75, 3.05) is 19.6 Å². The van der Waals surface area contributed by atoms with Crippen LogP contribution in [0, 0.1) is 11.7 Å². The lowest BCUT2D eigenvalue weighted by Gasteiger charge is -2.37. The molecule has 0 radical (unpaired) electrons. The van der Waals surface area contributed by atoms with E-state index in [1.165, 1.54) is 37.1 Å². The molecule has 0 unspecified atom stereocenters. The molecule has 2 aromatic rings. The van der Waals surface area contributed by atoms with Crippen LogP contribution in [-0.2, 0) is 0 Å². The number of piperidine rings is 1. The zero-order valence-corrected chi connectivity index (χ0v) is 16.9. The third kappa shape index (κ3) is 5.21. The number of halogens is 1. The van der Waals surface area contributed by atoms with E-state index < -0.39 is 5.82 Å². The summed E-state index contributed by atoms with van der Waals surface area (Å²) in [6.45, 7) is 3.40. The predicted molar refractivity (Wildman–Crippen MR) is 112 cm³/mol. The van der Waals surface area contributed by atoms with Crippen LogP contribution in [0.3, 0.4) is 0 Å². The molecule has 2 atom stereocenters. The van der Waals surface area contributed by atoms with Crippen molar-refractivity contribution in [3.8, 4) is 0 Å². The Hall–Kier alpha value is -2.27. The van der Waals surface area contributed by atoms with Crippen LogP contribution in [0.4, 0.5) is 4.39 Å². The molecule has 29 heavy (non-hydrogen) atoms. The van der Waals surface area contributed by atoms with E-state index in [0.717, 1.165) is 45.1 Å². The van der Waals surface area contributed by atoms with Crippen molar-refractivity contribution < 1.29 is 9.18 Å². The van der Waals surface area contributed by atoms with Crippen molar-refractivity contribution in [2.45, 2.75) is 50.5 Å². The second kappa shape index (κ2) is 9.49. The summed E-state index contributed by atoms with van der Waals surface area (Å²) in [7, 11) is 0. The van der Waals surface area contributed by atoms with Gasteiger partial charge in [0.2, 0.25) is 0 Å². The summed E-state index contributed by atoms with van der Waals surface area (Å²) in [5, 5.41) is 3.05. The molecule has 2 heterocycles. The van der Waals surface area contributed by atoms with Crippen LogP contribution >= 0.6 is 0 Å². The number of pyridine rings is 1. The van der Waals surface area contributed by atoms with Crippen molar-refractivity contribution >= 4 is 5.91 Å². The number of benzene rings is 1. The summed E-state index contributed by atoms with van der Waals surface area (Å²) < 4.78 is 13.8. The molecule has 2 aliphatic rings. The van der Waals surface area contributed by atoms with Gasteiger partial charge in [-0.25, -0.2) is 4.39 Å². The highest BCUT2D eigenvalue weighted by atomic mass is 19.1. The van der Waals surface area contributed by atoms with E-state index in [4.69, 9.17) is 0 Å². The zero-order chi connectivity index (χ0) is 20.1. The Morgan fingerprint density at radius 1 is 1.10 bits per heavy atom. The molecule has 1 saturated carbocycles. The first-order chi connectivity index (χ1) is 14.2. The molecular weight excluding hydrogens is 365 g/mol. The number of nitrogens with one attached hydrogen (secondary N) is 1. The van der Waals surface area contributed by atoms with Gasteiger partial charge in [-0.3, -0.25) is 9.78 Å². The SMILES string of the molecule is O=C(N[C@@H]1CCC[C@@H](CN2CCC(c3ccccc3)CC2)C1)c1ccncc1F. The average molecular weight is 396 g/mol. The van der Waals surface area contributed by atoms with Crippen molar-refractivity contribution in [3.05, 3.63) is 65.7 Å². The quantitative estimate of drug-likeness (QED) is 0.817. The molecule has 1 N–H and O–H groups in total. The van der Waals surface area contributed by atoms with Crippen molar-refractivity contribution in [2.24, 2.45) is 5.92 Å². The summed E-state index contributed by atoms with van der Waals surface area (Å²) in [6.07, 6.45) is 9.29. The summed E-state index contributed by atoms with van der Waals surface area (Å²) in [5.41, 5.74) is 1.56. The highest BCUT2D eigenvalue weighted by Gasteiger charge is 2.28. The van der Waals surface area contributed by atoms with E-state index in [1.807, 2.05) is 0 Å². The van der Waals surface area contributed by atoms with Crippen LogP contribution in [0.1, 0.15) is 60.4 Å². The number of carbonyl (C=O) groups excluding carboxylic acids is 1. The minimum absolute atomic E-state index is 0.0881. The Bertz CT molecular complexity index is 805. The highest BCUT2D eigenvalue weighted by molar-refractivity contribution is 5.94. The maximum Gasteiger partial charge on any atom is 0.254 e. The third-order valence-corrected chi connectivity index (χ3v) is 6.51. The number of amides is 1. The fourth-order valence-electron chi connectivity index (χ4n) is 4.95. The average Bonchev–Trinajstić information content (AvgIpc) is 2.75. The van der Waals surface area contributed by atoms with E-state index in [9.17, 15) is 9.18 Å². The molecule has 154 valence electrons. The van der Waals surface area contributed by atoms with Gasteiger partial charge in [0.1, 0.15) is 0 Å². The van der Waals surface area contributed by atoms with Crippen molar-refractivity contribution in [3.63, 3.8) is 0 Å². The van der Waals surface area contributed by atoms with Gasteiger partial charge in [0.15, 0.2) is 5.82 Å². The monoisotopic (exact) mass is 395 g/mol. The Labute approximate surface area is 172 Å². The van der Waals surface area contributed by atoms with Crippen LogP contribution in [0.25, 0.3) is 0 Å². The molecule has 2 fully saturated rings. The number of carbonyl (C=O) groups is 1. The Morgan fingerprint density at radius 2 is 1.90 bits per heavy atom. The molecule has 4 rings (SSSR count). The highest BCUT2D eigenvalue weighted by Crippen LogP contribution is 2.30. The van der Waals surface area contributed by atoms with Crippen molar-refractivity contribution in [1.29, 1.82) is 0 Å². The van der Waals surface area contributed by atoms with Crippen LogP contribution in [0.5, 0.6) is 0 Å². The van der Waals surface area contributed by atoms with E-state index in [-0.39, 0.29) is 17.5 Å². The van der Waals surface area contributed by atoms with Gasteiger partial charge in [0, 0.05) is 18.8 Å². The van der Waals surface area contributed by atoms with Gasteiger partial charge in [-0.2, -0.15) is 0 Å². The first-order valence-electron chi connectivity index (χ1n) is 10.9. The minimum Gasteiger partial charge on any atom is -0.349 e. The second-order valence-electron chi connectivity index (χ2n) is 8.54. The van der Waals surface area contributed by atoms with Gasteiger partial charge in [0.05, 0.1) is 11.8 Å². The molecule has 1 amide bonds. The maximum atomic E-state index is 13.8. The molecular formula is C24H30FN3O. The van der Waals surface area contributed by atoms with Crippen LogP contribution < -0.4 is 5.32 Å². The lowest BCUT2D eigenvalue weighted by Crippen LogP contribution is -2.42. The molecule has 0 bridgehead atoms.